The van der Waals surface area contributed by atoms with E-state index < -0.39 is 5.60 Å². The van der Waals surface area contributed by atoms with Crippen LogP contribution in [0.25, 0.3) is 0 Å². The molecule has 0 aromatic heterocycles. The lowest BCUT2D eigenvalue weighted by molar-refractivity contribution is 0.0286. The summed E-state index contributed by atoms with van der Waals surface area (Å²) in [7, 11) is 0. The fourth-order valence-corrected chi connectivity index (χ4v) is 2.57. The van der Waals surface area contributed by atoms with Gasteiger partial charge in [-0.2, -0.15) is 0 Å². The van der Waals surface area contributed by atoms with Gasteiger partial charge in [0, 0.05) is 19.1 Å². The standard InChI is InChI=1S/C16H24N2O3/c1-16(2,3)21-15(20)18-9-12(14(17)10-18)7-11-5-4-6-13(19)8-11/h4-6,8,12,14,19H,7,9-10,17H2,1-3H3. The second-order valence-electron chi connectivity index (χ2n) is 6.68. The van der Waals surface area contributed by atoms with Gasteiger partial charge in [0.1, 0.15) is 11.4 Å². The molecule has 1 fully saturated rings. The summed E-state index contributed by atoms with van der Waals surface area (Å²) < 4.78 is 5.38. The largest absolute Gasteiger partial charge is 0.508 e. The first kappa shape index (κ1) is 15.6. The van der Waals surface area contributed by atoms with Crippen molar-refractivity contribution in [3.05, 3.63) is 29.8 Å². The second-order valence-corrected chi connectivity index (χ2v) is 6.68. The van der Waals surface area contributed by atoms with Crippen LogP contribution in [0.4, 0.5) is 4.79 Å². The minimum absolute atomic E-state index is 0.0696. The van der Waals surface area contributed by atoms with Crippen molar-refractivity contribution in [2.75, 3.05) is 13.1 Å². The van der Waals surface area contributed by atoms with Crippen molar-refractivity contribution in [1.82, 2.24) is 4.90 Å². The number of aromatic hydroxyl groups is 1. The molecule has 0 radical (unpaired) electrons. The van der Waals surface area contributed by atoms with Gasteiger partial charge in [0.15, 0.2) is 0 Å². The number of phenolic OH excluding ortho intramolecular Hbond substituents is 1. The van der Waals surface area contributed by atoms with Gasteiger partial charge in [-0.1, -0.05) is 12.1 Å². The van der Waals surface area contributed by atoms with Gasteiger partial charge in [-0.25, -0.2) is 4.79 Å². The minimum atomic E-state index is -0.496. The first-order valence-corrected chi connectivity index (χ1v) is 7.26. The molecule has 116 valence electrons. The van der Waals surface area contributed by atoms with E-state index in [0.29, 0.717) is 13.1 Å². The van der Waals surface area contributed by atoms with Crippen LogP contribution in [0.2, 0.25) is 0 Å². The minimum Gasteiger partial charge on any atom is -0.508 e. The van der Waals surface area contributed by atoms with Gasteiger partial charge in [-0.15, -0.1) is 0 Å². The number of ether oxygens (including phenoxy) is 1. The quantitative estimate of drug-likeness (QED) is 0.875. The Morgan fingerprint density at radius 3 is 2.76 bits per heavy atom. The fraction of sp³-hybridized carbons (Fsp3) is 0.562. The highest BCUT2D eigenvalue weighted by Crippen LogP contribution is 2.23. The molecule has 1 saturated heterocycles. The molecule has 1 aromatic carbocycles. The number of carbonyl (C=O) groups excluding carboxylic acids is 1. The molecule has 1 heterocycles. The van der Waals surface area contributed by atoms with Crippen LogP contribution in [0.3, 0.4) is 0 Å². The van der Waals surface area contributed by atoms with Crippen molar-refractivity contribution in [2.24, 2.45) is 11.7 Å². The number of carbonyl (C=O) groups is 1. The Morgan fingerprint density at radius 1 is 1.43 bits per heavy atom. The summed E-state index contributed by atoms with van der Waals surface area (Å²) in [6.45, 7) is 6.66. The molecule has 1 amide bonds. The number of benzene rings is 1. The van der Waals surface area contributed by atoms with Crippen LogP contribution in [-0.2, 0) is 11.2 Å². The first-order valence-electron chi connectivity index (χ1n) is 7.26. The van der Waals surface area contributed by atoms with E-state index >= 15 is 0 Å². The molecule has 1 aliphatic rings. The van der Waals surface area contributed by atoms with E-state index in [1.54, 1.807) is 17.0 Å². The van der Waals surface area contributed by atoms with E-state index in [9.17, 15) is 9.90 Å². The van der Waals surface area contributed by atoms with E-state index in [1.807, 2.05) is 32.9 Å². The first-order chi connectivity index (χ1) is 9.74. The fourth-order valence-electron chi connectivity index (χ4n) is 2.57. The van der Waals surface area contributed by atoms with Crippen LogP contribution in [0.1, 0.15) is 26.3 Å². The highest BCUT2D eigenvalue weighted by atomic mass is 16.6. The van der Waals surface area contributed by atoms with E-state index in [-0.39, 0.29) is 23.8 Å². The van der Waals surface area contributed by atoms with Gasteiger partial charge in [0.25, 0.3) is 0 Å². The molecule has 0 saturated carbocycles. The van der Waals surface area contributed by atoms with Gasteiger partial charge < -0.3 is 20.5 Å². The van der Waals surface area contributed by atoms with E-state index in [1.165, 1.54) is 0 Å². The van der Waals surface area contributed by atoms with Crippen LogP contribution in [0.15, 0.2) is 24.3 Å². The summed E-state index contributed by atoms with van der Waals surface area (Å²) in [4.78, 5) is 13.7. The number of phenols is 1. The van der Waals surface area contributed by atoms with Crippen molar-refractivity contribution in [2.45, 2.75) is 38.8 Å². The summed E-state index contributed by atoms with van der Waals surface area (Å²) in [5.74, 6) is 0.433. The zero-order valence-electron chi connectivity index (χ0n) is 12.9. The number of rotatable bonds is 2. The van der Waals surface area contributed by atoms with E-state index in [2.05, 4.69) is 0 Å². The van der Waals surface area contributed by atoms with Gasteiger partial charge in [0.2, 0.25) is 0 Å². The SMILES string of the molecule is CC(C)(C)OC(=O)N1CC(N)C(Cc2cccc(O)c2)C1. The number of nitrogens with zero attached hydrogens (tertiary/aromatic N) is 1. The third-order valence-electron chi connectivity index (χ3n) is 3.55. The Balaban J connectivity index is 1.96. The maximum Gasteiger partial charge on any atom is 0.410 e. The van der Waals surface area contributed by atoms with E-state index in [4.69, 9.17) is 10.5 Å². The number of amides is 1. The topological polar surface area (TPSA) is 75.8 Å². The predicted molar refractivity (Wildman–Crippen MR) is 81.1 cm³/mol. The van der Waals surface area contributed by atoms with Crippen molar-refractivity contribution < 1.29 is 14.6 Å². The van der Waals surface area contributed by atoms with Crippen molar-refractivity contribution in [3.8, 4) is 5.75 Å². The zero-order chi connectivity index (χ0) is 15.6. The molecular weight excluding hydrogens is 268 g/mol. The number of nitrogens with two attached hydrogens (primary N) is 1. The molecule has 0 aliphatic carbocycles. The van der Waals surface area contributed by atoms with Crippen LogP contribution in [-0.4, -0.2) is 40.8 Å². The van der Waals surface area contributed by atoms with Gasteiger partial charge in [-0.05, 0) is 50.8 Å². The highest BCUT2D eigenvalue weighted by Gasteiger charge is 2.35. The summed E-state index contributed by atoms with van der Waals surface area (Å²) >= 11 is 0. The summed E-state index contributed by atoms with van der Waals surface area (Å²) in [6.07, 6.45) is 0.436. The molecule has 21 heavy (non-hydrogen) atoms. The lowest BCUT2D eigenvalue weighted by Crippen LogP contribution is -2.36. The Labute approximate surface area is 125 Å². The summed E-state index contributed by atoms with van der Waals surface area (Å²) in [6, 6.07) is 7.09. The van der Waals surface area contributed by atoms with Crippen LogP contribution < -0.4 is 5.73 Å². The summed E-state index contributed by atoms with van der Waals surface area (Å²) in [5.41, 5.74) is 6.68. The monoisotopic (exact) mass is 292 g/mol. The maximum atomic E-state index is 12.1. The molecule has 2 unspecified atom stereocenters. The molecular formula is C16H24N2O3. The highest BCUT2D eigenvalue weighted by molar-refractivity contribution is 5.68. The zero-order valence-corrected chi connectivity index (χ0v) is 12.9. The van der Waals surface area contributed by atoms with E-state index in [0.717, 1.165) is 12.0 Å². The molecule has 3 N–H and O–H groups in total. The predicted octanol–water partition coefficient (Wildman–Crippen LogP) is 2.13. The maximum absolute atomic E-state index is 12.1. The molecule has 0 bridgehead atoms. The van der Waals surface area contributed by atoms with Crippen LogP contribution in [0, 0.1) is 5.92 Å². The number of likely N-dealkylation sites (tertiary alicyclic amines) is 1. The molecule has 1 aromatic rings. The molecule has 2 atom stereocenters. The smallest absolute Gasteiger partial charge is 0.410 e. The van der Waals surface area contributed by atoms with Gasteiger partial charge in [-0.3, -0.25) is 0 Å². The molecule has 2 rings (SSSR count). The number of hydrogen-bond donors (Lipinski definition) is 2. The normalized spacial score (nSPS) is 22.4. The Morgan fingerprint density at radius 2 is 2.14 bits per heavy atom. The molecule has 0 spiro atoms. The van der Waals surface area contributed by atoms with Gasteiger partial charge in [0.05, 0.1) is 0 Å². The molecule has 5 heteroatoms. The summed E-state index contributed by atoms with van der Waals surface area (Å²) in [5, 5.41) is 9.50. The average molecular weight is 292 g/mol. The van der Waals surface area contributed by atoms with Crippen molar-refractivity contribution >= 4 is 6.09 Å². The van der Waals surface area contributed by atoms with Crippen LogP contribution in [0.5, 0.6) is 5.75 Å². The van der Waals surface area contributed by atoms with Crippen molar-refractivity contribution in [3.63, 3.8) is 0 Å². The third-order valence-corrected chi connectivity index (χ3v) is 3.55. The Bertz CT molecular complexity index is 510. The Hall–Kier alpha value is -1.75. The molecule has 5 nitrogen and oxygen atoms in total. The lowest BCUT2D eigenvalue weighted by Gasteiger charge is -2.24. The van der Waals surface area contributed by atoms with Gasteiger partial charge >= 0.3 is 6.09 Å². The van der Waals surface area contributed by atoms with Crippen molar-refractivity contribution in [1.29, 1.82) is 0 Å². The number of hydrogen-bond acceptors (Lipinski definition) is 4. The Kier molecular flexibility index (Phi) is 4.42. The lowest BCUT2D eigenvalue weighted by atomic mass is 9.95. The average Bonchev–Trinajstić information content (AvgIpc) is 2.69. The second kappa shape index (κ2) is 5.93. The molecule has 1 aliphatic heterocycles. The third kappa shape index (κ3) is 4.36. The van der Waals surface area contributed by atoms with Crippen LogP contribution >= 0.6 is 0 Å².